The van der Waals surface area contributed by atoms with Gasteiger partial charge < -0.3 is 5.32 Å². The molecule has 0 fully saturated rings. The Bertz CT molecular complexity index is 528. The molecular weight excluding hydrogens is 251 g/mol. The number of carbonyl (C=O) groups excluding carboxylic acids is 1. The lowest BCUT2D eigenvalue weighted by Gasteiger charge is -2.12. The number of nitrogens with zero attached hydrogens (tertiary/aromatic N) is 1. The molecule has 1 unspecified atom stereocenters. The number of pyridine rings is 1. The fourth-order valence-corrected chi connectivity index (χ4v) is 2.47. The molecule has 0 saturated heterocycles. The molecular formula is C13H13FN2OS. The van der Waals surface area contributed by atoms with E-state index in [1.165, 1.54) is 17.1 Å². The molecule has 2 aromatic heterocycles. The highest BCUT2D eigenvalue weighted by molar-refractivity contribution is 7.09. The average molecular weight is 264 g/mol. The fraction of sp³-hybridized carbons (Fsp3) is 0.231. The molecule has 94 valence electrons. The Labute approximate surface area is 109 Å². The molecule has 1 amide bonds. The van der Waals surface area contributed by atoms with Crippen LogP contribution in [0.15, 0.2) is 35.8 Å². The fourth-order valence-electron chi connectivity index (χ4n) is 1.64. The molecule has 2 aromatic rings. The van der Waals surface area contributed by atoms with Gasteiger partial charge in [0.25, 0.3) is 5.91 Å². The second kappa shape index (κ2) is 5.73. The van der Waals surface area contributed by atoms with E-state index in [0.717, 1.165) is 6.42 Å². The van der Waals surface area contributed by atoms with Crippen LogP contribution in [0.25, 0.3) is 0 Å². The topological polar surface area (TPSA) is 42.0 Å². The zero-order valence-electron chi connectivity index (χ0n) is 9.89. The van der Waals surface area contributed by atoms with E-state index in [4.69, 9.17) is 0 Å². The van der Waals surface area contributed by atoms with Crippen LogP contribution in [0, 0.1) is 5.95 Å². The van der Waals surface area contributed by atoms with Crippen molar-refractivity contribution in [2.24, 2.45) is 0 Å². The third-order valence-electron chi connectivity index (χ3n) is 2.47. The molecule has 0 spiro atoms. The molecule has 2 heterocycles. The number of amides is 1. The maximum atomic E-state index is 13.3. The third kappa shape index (κ3) is 3.13. The summed E-state index contributed by atoms with van der Waals surface area (Å²) in [7, 11) is 0. The molecule has 18 heavy (non-hydrogen) atoms. The Balaban J connectivity index is 1.97. The van der Waals surface area contributed by atoms with Gasteiger partial charge in [-0.1, -0.05) is 6.07 Å². The highest BCUT2D eigenvalue weighted by Crippen LogP contribution is 2.11. The van der Waals surface area contributed by atoms with E-state index in [1.54, 1.807) is 17.4 Å². The molecule has 0 aliphatic heterocycles. The largest absolute Gasteiger partial charge is 0.349 e. The normalized spacial score (nSPS) is 12.1. The number of thiophene rings is 1. The van der Waals surface area contributed by atoms with Crippen molar-refractivity contribution in [1.82, 2.24) is 10.3 Å². The second-order valence-electron chi connectivity index (χ2n) is 4.00. The van der Waals surface area contributed by atoms with Crippen LogP contribution in [0.4, 0.5) is 4.39 Å². The van der Waals surface area contributed by atoms with Crippen LogP contribution < -0.4 is 5.32 Å². The van der Waals surface area contributed by atoms with Gasteiger partial charge in [0.05, 0.1) is 5.56 Å². The quantitative estimate of drug-likeness (QED) is 0.863. The second-order valence-corrected chi connectivity index (χ2v) is 5.03. The van der Waals surface area contributed by atoms with E-state index >= 15 is 0 Å². The monoisotopic (exact) mass is 264 g/mol. The van der Waals surface area contributed by atoms with Crippen molar-refractivity contribution in [3.8, 4) is 0 Å². The van der Waals surface area contributed by atoms with Crippen molar-refractivity contribution in [2.45, 2.75) is 19.4 Å². The van der Waals surface area contributed by atoms with Gasteiger partial charge in [-0.05, 0) is 30.5 Å². The molecule has 0 radical (unpaired) electrons. The Morgan fingerprint density at radius 3 is 3.00 bits per heavy atom. The summed E-state index contributed by atoms with van der Waals surface area (Å²) in [5.41, 5.74) is -0.0180. The lowest BCUT2D eigenvalue weighted by Crippen LogP contribution is -2.34. The first-order valence-electron chi connectivity index (χ1n) is 5.60. The van der Waals surface area contributed by atoms with Gasteiger partial charge in [0, 0.05) is 23.5 Å². The summed E-state index contributed by atoms with van der Waals surface area (Å²) < 4.78 is 13.3. The van der Waals surface area contributed by atoms with Crippen molar-refractivity contribution >= 4 is 17.2 Å². The summed E-state index contributed by atoms with van der Waals surface area (Å²) in [5, 5.41) is 4.75. The zero-order valence-corrected chi connectivity index (χ0v) is 10.7. The standard InChI is InChI=1S/C13H13FN2OS/c1-9(8-10-4-3-7-18-10)16-13(17)11-5-2-6-15-12(11)14/h2-7,9H,8H2,1H3,(H,16,17). The number of hydrogen-bond acceptors (Lipinski definition) is 3. The Morgan fingerprint density at radius 1 is 1.50 bits per heavy atom. The van der Waals surface area contributed by atoms with Crippen molar-refractivity contribution in [2.75, 3.05) is 0 Å². The molecule has 1 atom stereocenters. The molecule has 0 aromatic carbocycles. The molecule has 1 N–H and O–H groups in total. The minimum atomic E-state index is -0.738. The van der Waals surface area contributed by atoms with Crippen LogP contribution in [-0.2, 0) is 6.42 Å². The number of rotatable bonds is 4. The van der Waals surface area contributed by atoms with Crippen LogP contribution in [0.2, 0.25) is 0 Å². The van der Waals surface area contributed by atoms with E-state index in [0.29, 0.717) is 0 Å². The summed E-state index contributed by atoms with van der Waals surface area (Å²) in [6.07, 6.45) is 2.06. The number of carbonyl (C=O) groups is 1. The van der Waals surface area contributed by atoms with E-state index in [1.807, 2.05) is 24.4 Å². The van der Waals surface area contributed by atoms with E-state index in [-0.39, 0.29) is 11.6 Å². The van der Waals surface area contributed by atoms with Gasteiger partial charge in [0.15, 0.2) is 0 Å². The minimum absolute atomic E-state index is 0.0180. The van der Waals surface area contributed by atoms with Crippen LogP contribution >= 0.6 is 11.3 Å². The summed E-state index contributed by atoms with van der Waals surface area (Å²) in [6.45, 7) is 1.89. The maximum absolute atomic E-state index is 13.3. The van der Waals surface area contributed by atoms with Gasteiger partial charge in [-0.2, -0.15) is 4.39 Å². The van der Waals surface area contributed by atoms with Crippen molar-refractivity contribution in [1.29, 1.82) is 0 Å². The molecule has 5 heteroatoms. The number of hydrogen-bond donors (Lipinski definition) is 1. The van der Waals surface area contributed by atoms with Crippen LogP contribution in [0.3, 0.4) is 0 Å². The summed E-state index contributed by atoms with van der Waals surface area (Å²) in [6, 6.07) is 6.90. The highest BCUT2D eigenvalue weighted by Gasteiger charge is 2.14. The average Bonchev–Trinajstić information content (AvgIpc) is 2.82. The molecule has 0 aliphatic carbocycles. The van der Waals surface area contributed by atoms with Gasteiger partial charge >= 0.3 is 0 Å². The van der Waals surface area contributed by atoms with Crippen molar-refractivity contribution < 1.29 is 9.18 Å². The van der Waals surface area contributed by atoms with Gasteiger partial charge in [-0.15, -0.1) is 11.3 Å². The number of nitrogens with one attached hydrogen (secondary N) is 1. The van der Waals surface area contributed by atoms with Gasteiger partial charge in [-0.25, -0.2) is 4.98 Å². The predicted molar refractivity (Wildman–Crippen MR) is 69.1 cm³/mol. The van der Waals surface area contributed by atoms with Gasteiger partial charge in [0.1, 0.15) is 0 Å². The first-order chi connectivity index (χ1) is 8.66. The number of halogens is 1. The van der Waals surface area contributed by atoms with Crippen LogP contribution in [-0.4, -0.2) is 16.9 Å². The Kier molecular flexibility index (Phi) is 4.04. The predicted octanol–water partition coefficient (Wildman–Crippen LogP) is 2.64. The lowest BCUT2D eigenvalue weighted by atomic mass is 10.2. The maximum Gasteiger partial charge on any atom is 0.256 e. The highest BCUT2D eigenvalue weighted by atomic mass is 32.1. The third-order valence-corrected chi connectivity index (χ3v) is 3.37. The van der Waals surface area contributed by atoms with Crippen LogP contribution in [0.5, 0.6) is 0 Å². The molecule has 0 bridgehead atoms. The SMILES string of the molecule is CC(Cc1cccs1)NC(=O)c1cccnc1F. The summed E-state index contributed by atoms with van der Waals surface area (Å²) in [4.78, 5) is 16.5. The summed E-state index contributed by atoms with van der Waals surface area (Å²) >= 11 is 1.64. The Morgan fingerprint density at radius 2 is 2.33 bits per heavy atom. The van der Waals surface area contributed by atoms with E-state index in [2.05, 4.69) is 10.3 Å². The van der Waals surface area contributed by atoms with Crippen LogP contribution in [0.1, 0.15) is 22.2 Å². The molecule has 0 aliphatic rings. The first kappa shape index (κ1) is 12.7. The smallest absolute Gasteiger partial charge is 0.256 e. The van der Waals surface area contributed by atoms with Gasteiger partial charge in [0.2, 0.25) is 5.95 Å². The molecule has 2 rings (SSSR count). The Hall–Kier alpha value is -1.75. The van der Waals surface area contributed by atoms with Crippen molar-refractivity contribution in [3.05, 3.63) is 52.2 Å². The lowest BCUT2D eigenvalue weighted by molar-refractivity contribution is 0.0935. The number of aromatic nitrogens is 1. The van der Waals surface area contributed by atoms with Gasteiger partial charge in [-0.3, -0.25) is 4.79 Å². The van der Waals surface area contributed by atoms with E-state index in [9.17, 15) is 9.18 Å². The first-order valence-corrected chi connectivity index (χ1v) is 6.48. The molecule has 0 saturated carbocycles. The summed E-state index contributed by atoms with van der Waals surface area (Å²) in [5.74, 6) is -1.16. The van der Waals surface area contributed by atoms with E-state index < -0.39 is 11.9 Å². The van der Waals surface area contributed by atoms with Crippen molar-refractivity contribution in [3.63, 3.8) is 0 Å². The zero-order chi connectivity index (χ0) is 13.0. The molecule has 3 nitrogen and oxygen atoms in total. The minimum Gasteiger partial charge on any atom is -0.349 e.